The number of benzene rings is 1. The highest BCUT2D eigenvalue weighted by atomic mass is 32.1. The lowest BCUT2D eigenvalue weighted by Gasteiger charge is -2.06. The van der Waals surface area contributed by atoms with Crippen LogP contribution in [-0.2, 0) is 0 Å². The van der Waals surface area contributed by atoms with Crippen molar-refractivity contribution in [3.8, 4) is 17.0 Å². The Morgan fingerprint density at radius 2 is 2.11 bits per heavy atom. The topological polar surface area (TPSA) is 59.4 Å². The number of aryl methyl sites for hydroxylation is 2. The van der Waals surface area contributed by atoms with Gasteiger partial charge in [0, 0.05) is 5.56 Å². The van der Waals surface area contributed by atoms with Crippen molar-refractivity contribution in [2.24, 2.45) is 0 Å². The van der Waals surface area contributed by atoms with E-state index >= 15 is 0 Å². The summed E-state index contributed by atoms with van der Waals surface area (Å²) in [5.41, 5.74) is 2.27. The monoisotopic (exact) mass is 263 g/mol. The van der Waals surface area contributed by atoms with Gasteiger partial charge in [-0.1, -0.05) is 12.1 Å². The summed E-state index contributed by atoms with van der Waals surface area (Å²) in [6.07, 6.45) is 0. The highest BCUT2D eigenvalue weighted by molar-refractivity contribution is 7.14. The average Bonchev–Trinajstić information content (AvgIpc) is 2.72. The highest BCUT2D eigenvalue weighted by Crippen LogP contribution is 2.31. The summed E-state index contributed by atoms with van der Waals surface area (Å²) in [6, 6.07) is 5.57. The zero-order valence-electron chi connectivity index (χ0n) is 10.4. The normalized spacial score (nSPS) is 10.4. The summed E-state index contributed by atoms with van der Waals surface area (Å²) < 4.78 is 5.24. The molecule has 1 N–H and O–H groups in total. The lowest BCUT2D eigenvalue weighted by atomic mass is 10.1. The highest BCUT2D eigenvalue weighted by Gasteiger charge is 2.17. The quantitative estimate of drug-likeness (QED) is 0.924. The smallest absolute Gasteiger partial charge is 0.348 e. The summed E-state index contributed by atoms with van der Waals surface area (Å²) in [5.74, 6) is -0.218. The number of carboxylic acid groups (broad SMARTS) is 1. The van der Waals surface area contributed by atoms with Crippen LogP contribution in [0.2, 0.25) is 0 Å². The first-order valence-electron chi connectivity index (χ1n) is 5.38. The summed E-state index contributed by atoms with van der Waals surface area (Å²) in [5, 5.41) is 9.90. The molecule has 18 heavy (non-hydrogen) atoms. The van der Waals surface area contributed by atoms with Gasteiger partial charge in [-0.25, -0.2) is 9.78 Å². The maximum Gasteiger partial charge on any atom is 0.348 e. The fourth-order valence-electron chi connectivity index (χ4n) is 1.73. The molecule has 4 nitrogen and oxygen atoms in total. The van der Waals surface area contributed by atoms with Gasteiger partial charge in [0.25, 0.3) is 0 Å². The second-order valence-corrected chi connectivity index (χ2v) is 5.10. The standard InChI is InChI=1S/C13H13NO3S/c1-7-4-5-9(6-10(7)17-3)11-12(13(15)16)18-8(2)14-11/h4-6H,1-3H3,(H,15,16). The predicted octanol–water partition coefficient (Wildman–Crippen LogP) is 3.13. The van der Waals surface area contributed by atoms with Crippen molar-refractivity contribution < 1.29 is 14.6 Å². The number of hydrogen-bond acceptors (Lipinski definition) is 4. The minimum atomic E-state index is -0.949. The molecule has 0 fully saturated rings. The van der Waals surface area contributed by atoms with E-state index in [4.69, 9.17) is 9.84 Å². The molecule has 0 atom stereocenters. The summed E-state index contributed by atoms with van der Waals surface area (Å²) in [7, 11) is 1.59. The van der Waals surface area contributed by atoms with Crippen molar-refractivity contribution in [3.05, 3.63) is 33.6 Å². The summed E-state index contributed by atoms with van der Waals surface area (Å²) in [6.45, 7) is 3.74. The van der Waals surface area contributed by atoms with Crippen molar-refractivity contribution in [2.75, 3.05) is 7.11 Å². The van der Waals surface area contributed by atoms with Crippen molar-refractivity contribution in [2.45, 2.75) is 13.8 Å². The van der Waals surface area contributed by atoms with Crippen LogP contribution < -0.4 is 4.74 Å². The van der Waals surface area contributed by atoms with Crippen molar-refractivity contribution >= 4 is 17.3 Å². The Hall–Kier alpha value is -1.88. The Bertz CT molecular complexity index is 604. The molecular weight excluding hydrogens is 250 g/mol. The van der Waals surface area contributed by atoms with Crippen LogP contribution in [0.25, 0.3) is 11.3 Å². The first-order valence-corrected chi connectivity index (χ1v) is 6.20. The third-order valence-corrected chi connectivity index (χ3v) is 3.57. The van der Waals surface area contributed by atoms with Gasteiger partial charge >= 0.3 is 5.97 Å². The van der Waals surface area contributed by atoms with E-state index in [9.17, 15) is 4.79 Å². The maximum absolute atomic E-state index is 11.2. The van der Waals surface area contributed by atoms with Crippen molar-refractivity contribution in [1.29, 1.82) is 0 Å². The average molecular weight is 263 g/mol. The number of carboxylic acids is 1. The van der Waals surface area contributed by atoms with Gasteiger partial charge in [0.15, 0.2) is 0 Å². The number of nitrogens with zero attached hydrogens (tertiary/aromatic N) is 1. The number of aromatic nitrogens is 1. The van der Waals surface area contributed by atoms with Gasteiger partial charge in [0.2, 0.25) is 0 Å². The maximum atomic E-state index is 11.2. The van der Waals surface area contributed by atoms with E-state index in [1.54, 1.807) is 14.0 Å². The SMILES string of the molecule is COc1cc(-c2nc(C)sc2C(=O)O)ccc1C. The van der Waals surface area contributed by atoms with Gasteiger partial charge in [-0.05, 0) is 25.5 Å². The molecule has 0 aliphatic rings. The first kappa shape index (κ1) is 12.6. The van der Waals surface area contributed by atoms with E-state index in [0.717, 1.165) is 21.9 Å². The van der Waals surface area contributed by atoms with Crippen LogP contribution in [0.5, 0.6) is 5.75 Å². The number of ether oxygens (including phenoxy) is 1. The van der Waals surface area contributed by atoms with Crippen molar-refractivity contribution in [1.82, 2.24) is 4.98 Å². The molecule has 5 heteroatoms. The number of aromatic carboxylic acids is 1. The zero-order valence-corrected chi connectivity index (χ0v) is 11.2. The zero-order chi connectivity index (χ0) is 13.3. The van der Waals surface area contributed by atoms with E-state index in [1.807, 2.05) is 25.1 Å². The molecule has 0 bridgehead atoms. The Morgan fingerprint density at radius 3 is 2.72 bits per heavy atom. The van der Waals surface area contributed by atoms with E-state index in [0.29, 0.717) is 5.69 Å². The largest absolute Gasteiger partial charge is 0.496 e. The van der Waals surface area contributed by atoms with E-state index < -0.39 is 5.97 Å². The second-order valence-electron chi connectivity index (χ2n) is 3.90. The Labute approximate surface area is 109 Å². The Balaban J connectivity index is 2.58. The molecule has 0 unspecified atom stereocenters. The molecule has 0 saturated carbocycles. The fraction of sp³-hybridized carbons (Fsp3) is 0.231. The molecule has 0 aliphatic heterocycles. The van der Waals surface area contributed by atoms with E-state index in [-0.39, 0.29) is 4.88 Å². The van der Waals surface area contributed by atoms with Gasteiger partial charge in [-0.3, -0.25) is 0 Å². The van der Waals surface area contributed by atoms with Crippen LogP contribution in [-0.4, -0.2) is 23.2 Å². The van der Waals surface area contributed by atoms with Crippen LogP contribution in [0.3, 0.4) is 0 Å². The van der Waals surface area contributed by atoms with Crippen LogP contribution in [0.15, 0.2) is 18.2 Å². The van der Waals surface area contributed by atoms with Crippen molar-refractivity contribution in [3.63, 3.8) is 0 Å². The Kier molecular flexibility index (Phi) is 3.34. The number of thiazole rings is 1. The van der Waals surface area contributed by atoms with Crippen LogP contribution >= 0.6 is 11.3 Å². The van der Waals surface area contributed by atoms with Crippen LogP contribution in [0.1, 0.15) is 20.2 Å². The van der Waals surface area contributed by atoms with E-state index in [2.05, 4.69) is 4.98 Å². The Morgan fingerprint density at radius 1 is 1.39 bits per heavy atom. The molecule has 2 aromatic rings. The second kappa shape index (κ2) is 4.78. The molecule has 1 heterocycles. The molecular formula is C13H13NO3S. The minimum absolute atomic E-state index is 0.262. The van der Waals surface area contributed by atoms with Gasteiger partial charge in [-0.15, -0.1) is 11.3 Å². The van der Waals surface area contributed by atoms with Gasteiger partial charge in [-0.2, -0.15) is 0 Å². The lowest BCUT2D eigenvalue weighted by Crippen LogP contribution is -1.96. The van der Waals surface area contributed by atoms with Crippen LogP contribution in [0.4, 0.5) is 0 Å². The third-order valence-electron chi connectivity index (χ3n) is 2.61. The van der Waals surface area contributed by atoms with Crippen LogP contribution in [0, 0.1) is 13.8 Å². The third kappa shape index (κ3) is 2.22. The molecule has 0 aliphatic carbocycles. The molecule has 0 saturated heterocycles. The lowest BCUT2D eigenvalue weighted by molar-refractivity contribution is 0.0702. The molecule has 94 valence electrons. The van der Waals surface area contributed by atoms with Gasteiger partial charge < -0.3 is 9.84 Å². The summed E-state index contributed by atoms with van der Waals surface area (Å²) in [4.78, 5) is 15.7. The number of hydrogen-bond donors (Lipinski definition) is 1. The molecule has 1 aromatic heterocycles. The van der Waals surface area contributed by atoms with Gasteiger partial charge in [0.1, 0.15) is 10.6 Å². The van der Waals surface area contributed by atoms with Gasteiger partial charge in [0.05, 0.1) is 17.8 Å². The number of methoxy groups -OCH3 is 1. The molecule has 0 spiro atoms. The first-order chi connectivity index (χ1) is 8.52. The predicted molar refractivity (Wildman–Crippen MR) is 70.5 cm³/mol. The minimum Gasteiger partial charge on any atom is -0.496 e. The summed E-state index contributed by atoms with van der Waals surface area (Å²) >= 11 is 1.18. The molecule has 0 amide bonds. The fourth-order valence-corrected chi connectivity index (χ4v) is 2.51. The molecule has 1 aromatic carbocycles. The van der Waals surface area contributed by atoms with E-state index in [1.165, 1.54) is 11.3 Å². The molecule has 0 radical (unpaired) electrons. The number of rotatable bonds is 3. The molecule has 2 rings (SSSR count). The number of carbonyl (C=O) groups is 1.